The number of nitrogens with zero attached hydrogens (tertiary/aromatic N) is 2. The molecular formula is C22H22N2O9. The van der Waals surface area contributed by atoms with Gasteiger partial charge in [-0.25, -0.2) is 0 Å². The van der Waals surface area contributed by atoms with E-state index in [2.05, 4.69) is 4.98 Å². The second kappa shape index (κ2) is 9.25. The highest BCUT2D eigenvalue weighted by atomic mass is 16.7. The van der Waals surface area contributed by atoms with Gasteiger partial charge in [-0.1, -0.05) is 6.07 Å². The Labute approximate surface area is 187 Å². The number of fused-ring (bicyclic) bond motifs is 1. The molecule has 3 aromatic rings. The molecule has 2 heterocycles. The lowest BCUT2D eigenvalue weighted by Crippen LogP contribution is -2.60. The average Bonchev–Trinajstić information content (AvgIpc) is 2.80. The van der Waals surface area contributed by atoms with Crippen molar-refractivity contribution < 1.29 is 39.6 Å². The minimum absolute atomic E-state index is 0.00134. The lowest BCUT2D eigenvalue weighted by atomic mass is 9.99. The highest BCUT2D eigenvalue weighted by Crippen LogP contribution is 2.38. The van der Waals surface area contributed by atoms with Crippen molar-refractivity contribution in [3.05, 3.63) is 64.3 Å². The van der Waals surface area contributed by atoms with E-state index >= 15 is 0 Å². The van der Waals surface area contributed by atoms with Gasteiger partial charge in [0.2, 0.25) is 12.0 Å². The van der Waals surface area contributed by atoms with Crippen LogP contribution in [0.15, 0.2) is 48.7 Å². The SMILES string of the molecule is Cc1cc(Oc2ccc3cccnc3c2)c([N+](=O)[O-])cc1O[C@H]1O[C@H](CO)[C@@H](O)[C@H](O)[C@@H]1O. The highest BCUT2D eigenvalue weighted by Gasteiger charge is 2.45. The molecule has 0 spiro atoms. The second-order valence-corrected chi connectivity index (χ2v) is 7.62. The molecule has 11 heteroatoms. The molecule has 11 nitrogen and oxygen atoms in total. The first-order valence-corrected chi connectivity index (χ1v) is 10.1. The zero-order valence-electron chi connectivity index (χ0n) is 17.4. The fraction of sp³-hybridized carbons (Fsp3) is 0.318. The molecule has 1 aliphatic heterocycles. The number of rotatable bonds is 6. The van der Waals surface area contributed by atoms with Crippen LogP contribution in [0.4, 0.5) is 5.69 Å². The van der Waals surface area contributed by atoms with Gasteiger partial charge in [-0.2, -0.15) is 0 Å². The summed E-state index contributed by atoms with van der Waals surface area (Å²) in [5.74, 6) is 0.318. The molecule has 174 valence electrons. The van der Waals surface area contributed by atoms with E-state index < -0.39 is 47.9 Å². The van der Waals surface area contributed by atoms with Gasteiger partial charge in [-0.3, -0.25) is 15.1 Å². The number of nitro groups is 1. The summed E-state index contributed by atoms with van der Waals surface area (Å²) in [5, 5.41) is 51.9. The maximum absolute atomic E-state index is 11.7. The molecule has 4 N–H and O–H groups in total. The third kappa shape index (κ3) is 4.58. The Morgan fingerprint density at radius 1 is 1.09 bits per heavy atom. The number of nitro benzene ring substituents is 1. The van der Waals surface area contributed by atoms with E-state index in [1.807, 2.05) is 6.07 Å². The van der Waals surface area contributed by atoms with Crippen molar-refractivity contribution >= 4 is 16.6 Å². The third-order valence-electron chi connectivity index (χ3n) is 5.35. The summed E-state index contributed by atoms with van der Waals surface area (Å²) < 4.78 is 16.7. The summed E-state index contributed by atoms with van der Waals surface area (Å²) in [5.41, 5.74) is 0.685. The third-order valence-corrected chi connectivity index (χ3v) is 5.35. The molecule has 0 saturated carbocycles. The van der Waals surface area contributed by atoms with Crippen LogP contribution >= 0.6 is 0 Å². The quantitative estimate of drug-likeness (QED) is 0.314. The van der Waals surface area contributed by atoms with Gasteiger partial charge in [0.1, 0.15) is 35.9 Å². The fourth-order valence-electron chi connectivity index (χ4n) is 3.53. The van der Waals surface area contributed by atoms with Crippen LogP contribution in [0.5, 0.6) is 17.2 Å². The van der Waals surface area contributed by atoms with Gasteiger partial charge >= 0.3 is 5.69 Å². The van der Waals surface area contributed by atoms with Gasteiger partial charge < -0.3 is 34.6 Å². The first-order valence-electron chi connectivity index (χ1n) is 10.1. The minimum atomic E-state index is -1.65. The molecule has 1 aromatic heterocycles. The van der Waals surface area contributed by atoms with Crippen molar-refractivity contribution in [2.75, 3.05) is 6.61 Å². The lowest BCUT2D eigenvalue weighted by Gasteiger charge is -2.39. The van der Waals surface area contributed by atoms with Crippen molar-refractivity contribution in [2.45, 2.75) is 37.6 Å². The first-order chi connectivity index (χ1) is 15.8. The van der Waals surface area contributed by atoms with Gasteiger partial charge in [0.15, 0.2) is 0 Å². The van der Waals surface area contributed by atoms with Crippen LogP contribution in [0.1, 0.15) is 5.56 Å². The number of aliphatic hydroxyl groups is 4. The molecule has 1 fully saturated rings. The van der Waals surface area contributed by atoms with E-state index in [0.717, 1.165) is 11.5 Å². The van der Waals surface area contributed by atoms with E-state index in [1.54, 1.807) is 37.4 Å². The zero-order valence-corrected chi connectivity index (χ0v) is 17.4. The van der Waals surface area contributed by atoms with E-state index in [0.29, 0.717) is 16.8 Å². The number of benzene rings is 2. The van der Waals surface area contributed by atoms with E-state index in [9.17, 15) is 30.5 Å². The molecule has 33 heavy (non-hydrogen) atoms. The molecule has 4 rings (SSSR count). The molecule has 0 aliphatic carbocycles. The van der Waals surface area contributed by atoms with Crippen LogP contribution in [0, 0.1) is 17.0 Å². The van der Waals surface area contributed by atoms with Crippen molar-refractivity contribution in [1.29, 1.82) is 0 Å². The minimum Gasteiger partial charge on any atom is -0.461 e. The normalized spacial score (nSPS) is 25.1. The Bertz CT molecular complexity index is 1170. The monoisotopic (exact) mass is 458 g/mol. The number of pyridine rings is 1. The van der Waals surface area contributed by atoms with Gasteiger partial charge in [0.25, 0.3) is 0 Å². The molecule has 0 bridgehead atoms. The maximum atomic E-state index is 11.7. The number of ether oxygens (including phenoxy) is 3. The molecular weight excluding hydrogens is 436 g/mol. The van der Waals surface area contributed by atoms with Crippen LogP contribution in [0.2, 0.25) is 0 Å². The molecule has 1 aliphatic rings. The second-order valence-electron chi connectivity index (χ2n) is 7.62. The number of hydrogen-bond acceptors (Lipinski definition) is 10. The fourth-order valence-corrected chi connectivity index (χ4v) is 3.53. The van der Waals surface area contributed by atoms with E-state index in [-0.39, 0.29) is 11.5 Å². The molecule has 0 amide bonds. The summed E-state index contributed by atoms with van der Waals surface area (Å²) >= 11 is 0. The number of hydrogen-bond donors (Lipinski definition) is 4. The van der Waals surface area contributed by atoms with Crippen LogP contribution < -0.4 is 9.47 Å². The number of aliphatic hydroxyl groups excluding tert-OH is 4. The van der Waals surface area contributed by atoms with Gasteiger partial charge in [-0.05, 0) is 36.8 Å². The van der Waals surface area contributed by atoms with Gasteiger partial charge in [0, 0.05) is 17.6 Å². The molecule has 0 unspecified atom stereocenters. The predicted octanol–water partition coefficient (Wildman–Crippen LogP) is 1.42. The first kappa shape index (κ1) is 22.8. The topological polar surface area (TPSA) is 165 Å². The molecule has 1 saturated heterocycles. The average molecular weight is 458 g/mol. The zero-order chi connectivity index (χ0) is 23.7. The Kier molecular flexibility index (Phi) is 6.40. The molecule has 0 radical (unpaired) electrons. The predicted molar refractivity (Wildman–Crippen MR) is 114 cm³/mol. The van der Waals surface area contributed by atoms with E-state index in [4.69, 9.17) is 14.2 Å². The van der Waals surface area contributed by atoms with Gasteiger partial charge in [-0.15, -0.1) is 0 Å². The van der Waals surface area contributed by atoms with Crippen molar-refractivity contribution in [3.8, 4) is 17.2 Å². The van der Waals surface area contributed by atoms with E-state index in [1.165, 1.54) is 6.07 Å². The summed E-state index contributed by atoms with van der Waals surface area (Å²) in [7, 11) is 0. The Morgan fingerprint density at radius 2 is 1.88 bits per heavy atom. The van der Waals surface area contributed by atoms with Crippen molar-refractivity contribution in [1.82, 2.24) is 4.98 Å². The maximum Gasteiger partial charge on any atom is 0.315 e. The lowest BCUT2D eigenvalue weighted by molar-refractivity contribution is -0.385. The standard InChI is InChI=1S/C22H22N2O9/c1-11-7-17(31-13-5-4-12-3-2-6-23-14(12)8-13)15(24(29)30)9-16(11)32-22-21(28)20(27)19(26)18(10-25)33-22/h2-9,18-22,25-28H,10H2,1H3/t18-,19-,20+,21+,22+/m1/s1. The van der Waals surface area contributed by atoms with Crippen LogP contribution in [-0.2, 0) is 4.74 Å². The largest absolute Gasteiger partial charge is 0.461 e. The Hall–Kier alpha value is -3.35. The van der Waals surface area contributed by atoms with Crippen LogP contribution in [-0.4, -0.2) is 67.6 Å². The van der Waals surface area contributed by atoms with Crippen molar-refractivity contribution in [2.24, 2.45) is 0 Å². The Morgan fingerprint density at radius 3 is 2.61 bits per heavy atom. The summed E-state index contributed by atoms with van der Waals surface area (Å²) in [6, 6.07) is 11.3. The molecule has 2 aromatic carbocycles. The van der Waals surface area contributed by atoms with Crippen LogP contribution in [0.25, 0.3) is 10.9 Å². The van der Waals surface area contributed by atoms with Gasteiger partial charge in [0.05, 0.1) is 23.1 Å². The Balaban J connectivity index is 1.62. The highest BCUT2D eigenvalue weighted by molar-refractivity contribution is 5.79. The number of aromatic nitrogens is 1. The molecule has 5 atom stereocenters. The summed E-state index contributed by atoms with van der Waals surface area (Å²) in [6.07, 6.45) is -5.86. The van der Waals surface area contributed by atoms with Crippen molar-refractivity contribution in [3.63, 3.8) is 0 Å². The smallest absolute Gasteiger partial charge is 0.315 e. The summed E-state index contributed by atoms with van der Waals surface area (Å²) in [4.78, 5) is 15.3. The van der Waals surface area contributed by atoms with Crippen LogP contribution in [0.3, 0.4) is 0 Å². The number of aryl methyl sites for hydroxylation is 1. The summed E-state index contributed by atoms with van der Waals surface area (Å²) in [6.45, 7) is 0.981.